The van der Waals surface area contributed by atoms with Crippen molar-refractivity contribution in [3.8, 4) is 11.3 Å². The van der Waals surface area contributed by atoms with Crippen molar-refractivity contribution in [2.45, 2.75) is 25.7 Å². The van der Waals surface area contributed by atoms with Gasteiger partial charge in [0.2, 0.25) is 0 Å². The summed E-state index contributed by atoms with van der Waals surface area (Å²) in [7, 11) is 0. The van der Waals surface area contributed by atoms with Crippen LogP contribution in [0.1, 0.15) is 30.8 Å². The number of hydrogen-bond acceptors (Lipinski definition) is 7. The van der Waals surface area contributed by atoms with E-state index >= 15 is 0 Å². The molecule has 170 valence electrons. The molecule has 7 nitrogen and oxygen atoms in total. The number of hydrogen-bond donors (Lipinski definition) is 1. The molecule has 1 aliphatic heterocycles. The molecule has 5 rings (SSSR count). The average Bonchev–Trinajstić information content (AvgIpc) is 3.47. The molecule has 0 radical (unpaired) electrons. The molecule has 1 N–H and O–H groups in total. The number of fused-ring (bicyclic) bond motifs is 1. The molecule has 2 aromatic heterocycles. The van der Waals surface area contributed by atoms with Crippen LogP contribution in [-0.2, 0) is 11.2 Å². The molecular formula is C25H22N6OS2. The zero-order chi connectivity index (χ0) is 23.3. The van der Waals surface area contributed by atoms with Gasteiger partial charge in [0.1, 0.15) is 4.32 Å². The number of pyridine rings is 1. The maximum atomic E-state index is 13.0. The van der Waals surface area contributed by atoms with Crippen molar-refractivity contribution < 1.29 is 4.79 Å². The Balaban J connectivity index is 1.24. The highest BCUT2D eigenvalue weighted by atomic mass is 32.2. The number of carbonyl (C=O) groups is 1. The zero-order valence-corrected chi connectivity index (χ0v) is 20.0. The summed E-state index contributed by atoms with van der Waals surface area (Å²) >= 11 is 6.81. The molecule has 0 bridgehead atoms. The summed E-state index contributed by atoms with van der Waals surface area (Å²) in [5, 5.41) is 16.3. The lowest BCUT2D eigenvalue weighted by molar-refractivity contribution is -0.122. The second-order valence-electron chi connectivity index (χ2n) is 7.98. The first-order valence-corrected chi connectivity index (χ1v) is 12.3. The summed E-state index contributed by atoms with van der Waals surface area (Å²) < 4.78 is 0.597. The van der Waals surface area contributed by atoms with Crippen LogP contribution < -0.4 is 0 Å². The molecule has 0 spiro atoms. The number of thioether (sulfide) groups is 1. The van der Waals surface area contributed by atoms with Gasteiger partial charge >= 0.3 is 0 Å². The summed E-state index contributed by atoms with van der Waals surface area (Å²) in [6.45, 7) is 0.610. The number of H-pyrrole nitrogens is 1. The molecule has 2 aromatic carbocycles. The molecule has 1 amide bonds. The van der Waals surface area contributed by atoms with E-state index in [1.54, 1.807) is 4.90 Å². The number of tetrazole rings is 1. The topological polar surface area (TPSA) is 87.7 Å². The van der Waals surface area contributed by atoms with Gasteiger partial charge < -0.3 is 0 Å². The lowest BCUT2D eigenvalue weighted by Gasteiger charge is -2.13. The number of unbranched alkanes of at least 4 members (excludes halogenated alkanes) is 2. The van der Waals surface area contributed by atoms with Gasteiger partial charge in [-0.3, -0.25) is 9.69 Å². The Morgan fingerprint density at radius 2 is 1.88 bits per heavy atom. The number of aromatic amines is 1. The Morgan fingerprint density at radius 1 is 1.00 bits per heavy atom. The molecule has 0 atom stereocenters. The standard InChI is InChI=1S/C25H22N6OS2/c32-24-22(34-25(33)31(24)14-5-1-2-11-23-27-29-30-28-23)16-20-9-6-10-21(26-20)19-13-12-17-7-3-4-8-18(17)15-19/h3-4,6-10,12-13,15-16H,1-2,5,11,14H2,(H,27,28,29,30). The van der Waals surface area contributed by atoms with Crippen molar-refractivity contribution in [2.75, 3.05) is 6.54 Å². The number of benzene rings is 2. The maximum absolute atomic E-state index is 13.0. The minimum atomic E-state index is -0.0499. The quantitative estimate of drug-likeness (QED) is 0.212. The van der Waals surface area contributed by atoms with Crippen LogP contribution in [0.5, 0.6) is 0 Å². The van der Waals surface area contributed by atoms with E-state index in [4.69, 9.17) is 17.2 Å². The van der Waals surface area contributed by atoms with Gasteiger partial charge in [-0.2, -0.15) is 5.21 Å². The number of thiocarbonyl (C=S) groups is 1. The predicted octanol–water partition coefficient (Wildman–Crippen LogP) is 5.03. The number of rotatable bonds is 8. The van der Waals surface area contributed by atoms with Gasteiger partial charge in [-0.15, -0.1) is 10.2 Å². The highest BCUT2D eigenvalue weighted by Crippen LogP contribution is 2.33. The highest BCUT2D eigenvalue weighted by molar-refractivity contribution is 8.26. The Kier molecular flexibility index (Phi) is 6.73. The summed E-state index contributed by atoms with van der Waals surface area (Å²) in [6, 6.07) is 20.4. The smallest absolute Gasteiger partial charge is 0.266 e. The largest absolute Gasteiger partial charge is 0.293 e. The predicted molar refractivity (Wildman–Crippen MR) is 139 cm³/mol. The summed E-state index contributed by atoms with van der Waals surface area (Å²) in [5.74, 6) is 0.665. The van der Waals surface area contributed by atoms with Crippen molar-refractivity contribution in [2.24, 2.45) is 0 Å². The summed E-state index contributed by atoms with van der Waals surface area (Å²) in [4.78, 5) is 20.0. The van der Waals surface area contributed by atoms with Crippen molar-refractivity contribution in [1.82, 2.24) is 30.5 Å². The van der Waals surface area contributed by atoms with Crippen LogP contribution in [0.15, 0.2) is 65.6 Å². The number of carbonyl (C=O) groups excluding carboxylic acids is 1. The molecule has 0 aliphatic carbocycles. The molecular weight excluding hydrogens is 464 g/mol. The normalized spacial score (nSPS) is 15.1. The van der Waals surface area contributed by atoms with E-state index in [-0.39, 0.29) is 5.91 Å². The van der Waals surface area contributed by atoms with E-state index in [0.29, 0.717) is 21.6 Å². The first-order chi connectivity index (χ1) is 16.7. The first-order valence-electron chi connectivity index (χ1n) is 11.1. The number of amides is 1. The average molecular weight is 487 g/mol. The van der Waals surface area contributed by atoms with Crippen LogP contribution in [0.4, 0.5) is 0 Å². The minimum Gasteiger partial charge on any atom is -0.293 e. The molecule has 9 heteroatoms. The minimum absolute atomic E-state index is 0.0499. The molecule has 3 heterocycles. The fourth-order valence-electron chi connectivity index (χ4n) is 3.89. The molecule has 1 saturated heterocycles. The molecule has 1 aliphatic rings. The lowest BCUT2D eigenvalue weighted by atomic mass is 10.0. The fourth-order valence-corrected chi connectivity index (χ4v) is 5.18. The lowest BCUT2D eigenvalue weighted by Crippen LogP contribution is -2.29. The molecule has 0 unspecified atom stereocenters. The summed E-state index contributed by atoms with van der Waals surface area (Å²) in [5.41, 5.74) is 2.66. The van der Waals surface area contributed by atoms with E-state index in [0.717, 1.165) is 42.6 Å². The number of nitrogens with zero attached hydrogens (tertiary/aromatic N) is 5. The number of nitrogens with one attached hydrogen (secondary N) is 1. The van der Waals surface area contributed by atoms with Crippen LogP contribution in [0.2, 0.25) is 0 Å². The monoisotopic (exact) mass is 486 g/mol. The molecule has 34 heavy (non-hydrogen) atoms. The van der Waals surface area contributed by atoms with Gasteiger partial charge in [-0.05, 0) is 47.9 Å². The van der Waals surface area contributed by atoms with Crippen molar-refractivity contribution in [1.29, 1.82) is 0 Å². The second-order valence-corrected chi connectivity index (χ2v) is 9.66. The van der Waals surface area contributed by atoms with Gasteiger partial charge in [-0.1, -0.05) is 78.1 Å². The van der Waals surface area contributed by atoms with Gasteiger partial charge in [0.05, 0.1) is 16.3 Å². The van der Waals surface area contributed by atoms with Gasteiger partial charge in [0.25, 0.3) is 5.91 Å². The Bertz CT molecular complexity index is 1370. The third-order valence-electron chi connectivity index (χ3n) is 5.64. The van der Waals surface area contributed by atoms with Crippen molar-refractivity contribution in [3.05, 3.63) is 77.1 Å². The number of aryl methyl sites for hydroxylation is 1. The van der Waals surface area contributed by atoms with E-state index in [2.05, 4.69) is 51.0 Å². The molecule has 1 fully saturated rings. The zero-order valence-electron chi connectivity index (χ0n) is 18.3. The van der Waals surface area contributed by atoms with Crippen LogP contribution in [0.25, 0.3) is 28.1 Å². The first kappa shape index (κ1) is 22.4. The second kappa shape index (κ2) is 10.2. The van der Waals surface area contributed by atoms with Crippen LogP contribution in [-0.4, -0.2) is 47.3 Å². The Hall–Kier alpha value is -3.43. The van der Waals surface area contributed by atoms with Crippen LogP contribution in [0, 0.1) is 0 Å². The summed E-state index contributed by atoms with van der Waals surface area (Å²) in [6.07, 6.45) is 5.37. The maximum Gasteiger partial charge on any atom is 0.266 e. The Labute approximate surface area is 206 Å². The van der Waals surface area contributed by atoms with Gasteiger partial charge in [0.15, 0.2) is 5.82 Å². The van der Waals surface area contributed by atoms with E-state index in [9.17, 15) is 4.79 Å². The molecule has 4 aromatic rings. The molecule has 0 saturated carbocycles. The van der Waals surface area contributed by atoms with Gasteiger partial charge in [0, 0.05) is 18.5 Å². The van der Waals surface area contributed by atoms with E-state index < -0.39 is 0 Å². The van der Waals surface area contributed by atoms with Crippen LogP contribution >= 0.6 is 24.0 Å². The van der Waals surface area contributed by atoms with Gasteiger partial charge in [-0.25, -0.2) is 4.98 Å². The highest BCUT2D eigenvalue weighted by Gasteiger charge is 2.31. The SMILES string of the molecule is O=C1C(=Cc2cccc(-c3ccc4ccccc4c3)n2)SC(=S)N1CCCCCc1nn[nH]n1. The number of aromatic nitrogens is 5. The third-order valence-corrected chi connectivity index (χ3v) is 7.02. The van der Waals surface area contributed by atoms with Crippen molar-refractivity contribution >= 4 is 51.1 Å². The fraction of sp³-hybridized carbons (Fsp3) is 0.200. The van der Waals surface area contributed by atoms with Crippen LogP contribution in [0.3, 0.4) is 0 Å². The third kappa shape index (κ3) is 5.05. The van der Waals surface area contributed by atoms with E-state index in [1.807, 2.05) is 36.4 Å². The Morgan fingerprint density at radius 3 is 2.74 bits per heavy atom. The van der Waals surface area contributed by atoms with E-state index in [1.165, 1.54) is 22.5 Å². The van der Waals surface area contributed by atoms with Crippen molar-refractivity contribution in [3.63, 3.8) is 0 Å².